The molecule has 1 aromatic carbocycles. The average Bonchev–Trinajstić information content (AvgIpc) is 2.88. The molecule has 10 heteroatoms. The van der Waals surface area contributed by atoms with E-state index in [1.165, 1.54) is 5.56 Å². The van der Waals surface area contributed by atoms with Crippen molar-refractivity contribution in [3.8, 4) is 11.4 Å². The van der Waals surface area contributed by atoms with Crippen molar-refractivity contribution < 1.29 is 9.53 Å². The zero-order valence-corrected chi connectivity index (χ0v) is 20.1. The predicted octanol–water partition coefficient (Wildman–Crippen LogP) is 2.86. The summed E-state index contributed by atoms with van der Waals surface area (Å²) in [4.78, 5) is 35.3. The molecule has 0 unspecified atom stereocenters. The number of hydrogen-bond donors (Lipinski definition) is 2. The highest BCUT2D eigenvalue weighted by atomic mass is 16.5. The van der Waals surface area contributed by atoms with Gasteiger partial charge in [0.2, 0.25) is 5.95 Å². The summed E-state index contributed by atoms with van der Waals surface area (Å²) in [5.74, 6) is 2.36. The van der Waals surface area contributed by atoms with Crippen LogP contribution in [-0.4, -0.2) is 64.9 Å². The molecular formula is C25H30N8O2. The second-order valence-electron chi connectivity index (χ2n) is 8.95. The van der Waals surface area contributed by atoms with E-state index in [9.17, 15) is 4.79 Å². The molecule has 1 saturated heterocycles. The summed E-state index contributed by atoms with van der Waals surface area (Å²) >= 11 is 0. The van der Waals surface area contributed by atoms with E-state index in [4.69, 9.17) is 14.7 Å². The first-order valence-corrected chi connectivity index (χ1v) is 12.0. The van der Waals surface area contributed by atoms with E-state index >= 15 is 0 Å². The van der Waals surface area contributed by atoms with Gasteiger partial charge in [0.1, 0.15) is 5.82 Å². The number of hydrogen-bond acceptors (Lipinski definition) is 8. The van der Waals surface area contributed by atoms with Crippen LogP contribution in [0.1, 0.15) is 25.1 Å². The van der Waals surface area contributed by atoms with Crippen molar-refractivity contribution >= 4 is 23.5 Å². The van der Waals surface area contributed by atoms with Crippen LogP contribution < -0.4 is 20.4 Å². The van der Waals surface area contributed by atoms with Crippen LogP contribution >= 0.6 is 0 Å². The number of rotatable bonds is 5. The molecule has 0 bridgehead atoms. The number of benzene rings is 1. The molecule has 0 saturated carbocycles. The molecule has 2 aliphatic rings. The first-order chi connectivity index (χ1) is 17.1. The van der Waals surface area contributed by atoms with Gasteiger partial charge in [-0.15, -0.1) is 0 Å². The number of aromatic nitrogens is 4. The van der Waals surface area contributed by atoms with Gasteiger partial charge in [-0.25, -0.2) is 24.7 Å². The van der Waals surface area contributed by atoms with E-state index in [0.29, 0.717) is 37.2 Å². The zero-order chi connectivity index (χ0) is 24.2. The lowest BCUT2D eigenvalue weighted by Crippen LogP contribution is -2.39. The van der Waals surface area contributed by atoms with Gasteiger partial charge in [0.15, 0.2) is 5.82 Å². The number of carbonyl (C=O) groups is 1. The minimum atomic E-state index is -0.226. The molecule has 2 amide bonds. The highest BCUT2D eigenvalue weighted by molar-refractivity contribution is 5.89. The fourth-order valence-electron chi connectivity index (χ4n) is 4.33. The van der Waals surface area contributed by atoms with E-state index in [-0.39, 0.29) is 12.1 Å². The molecule has 1 fully saturated rings. The van der Waals surface area contributed by atoms with Gasteiger partial charge in [0, 0.05) is 54.9 Å². The Morgan fingerprint density at radius 2 is 1.74 bits per heavy atom. The second-order valence-corrected chi connectivity index (χ2v) is 8.95. The Kier molecular flexibility index (Phi) is 6.71. The third kappa shape index (κ3) is 5.32. The molecule has 5 rings (SSSR count). The monoisotopic (exact) mass is 474 g/mol. The molecule has 35 heavy (non-hydrogen) atoms. The minimum Gasteiger partial charge on any atom is -0.378 e. The normalized spacial score (nSPS) is 15.6. The Morgan fingerprint density at radius 1 is 1.00 bits per heavy atom. The maximum Gasteiger partial charge on any atom is 0.319 e. The maximum atomic E-state index is 12.0. The number of morpholine rings is 1. The molecule has 10 nitrogen and oxygen atoms in total. The summed E-state index contributed by atoms with van der Waals surface area (Å²) in [5.41, 5.74) is 3.79. The van der Waals surface area contributed by atoms with Crippen molar-refractivity contribution in [2.45, 2.75) is 32.9 Å². The topological polar surface area (TPSA) is 108 Å². The minimum absolute atomic E-state index is 0.0672. The lowest BCUT2D eigenvalue weighted by atomic mass is 10.0. The summed E-state index contributed by atoms with van der Waals surface area (Å²) in [5, 5.41) is 5.68. The largest absolute Gasteiger partial charge is 0.378 e. The number of amides is 2. The Bertz CT molecular complexity index is 1160. The number of nitrogens with one attached hydrogen (secondary N) is 2. The van der Waals surface area contributed by atoms with E-state index in [1.54, 1.807) is 12.4 Å². The third-order valence-corrected chi connectivity index (χ3v) is 6.01. The van der Waals surface area contributed by atoms with Crippen LogP contribution in [0.25, 0.3) is 11.4 Å². The van der Waals surface area contributed by atoms with Crippen LogP contribution in [-0.2, 0) is 17.7 Å². The third-order valence-electron chi connectivity index (χ3n) is 6.01. The van der Waals surface area contributed by atoms with Gasteiger partial charge in [-0.2, -0.15) is 0 Å². The highest BCUT2D eigenvalue weighted by Gasteiger charge is 2.27. The number of anilines is 3. The summed E-state index contributed by atoms with van der Waals surface area (Å²) in [6, 6.07) is 9.29. The second kappa shape index (κ2) is 10.2. The Balaban J connectivity index is 1.45. The molecule has 2 aromatic heterocycles. The highest BCUT2D eigenvalue weighted by Crippen LogP contribution is 2.31. The van der Waals surface area contributed by atoms with E-state index in [2.05, 4.69) is 30.4 Å². The van der Waals surface area contributed by atoms with Crippen LogP contribution in [0.3, 0.4) is 0 Å². The van der Waals surface area contributed by atoms with E-state index in [0.717, 1.165) is 43.1 Å². The molecule has 0 radical (unpaired) electrons. The van der Waals surface area contributed by atoms with Crippen molar-refractivity contribution in [3.05, 3.63) is 54.0 Å². The van der Waals surface area contributed by atoms with Crippen molar-refractivity contribution in [2.24, 2.45) is 0 Å². The number of ether oxygens (including phenoxy) is 1. The van der Waals surface area contributed by atoms with Crippen LogP contribution in [0.5, 0.6) is 0 Å². The Hall–Kier alpha value is -3.79. The van der Waals surface area contributed by atoms with Gasteiger partial charge in [-0.3, -0.25) is 0 Å². The zero-order valence-electron chi connectivity index (χ0n) is 20.1. The van der Waals surface area contributed by atoms with Gasteiger partial charge in [-0.1, -0.05) is 0 Å². The number of urea groups is 1. The standard InChI is InChI=1S/C25H30N8O2/c1-17(2)28-25(34)29-19-6-4-18(5-7-19)22-30-21-16-33(24-26-9-3-10-27-24)11-8-20(21)23(31-22)32-12-14-35-15-13-32/h3-7,9-10,17H,8,11-16H2,1-2H3,(H2,28,29,34). The lowest BCUT2D eigenvalue weighted by Gasteiger charge is -2.34. The molecule has 3 aromatic rings. The molecule has 2 N–H and O–H groups in total. The average molecular weight is 475 g/mol. The number of nitrogens with zero attached hydrogens (tertiary/aromatic N) is 6. The summed E-state index contributed by atoms with van der Waals surface area (Å²) in [6.45, 7) is 8.29. The van der Waals surface area contributed by atoms with Crippen LogP contribution in [0.2, 0.25) is 0 Å². The summed E-state index contributed by atoms with van der Waals surface area (Å²) in [6.07, 6.45) is 4.35. The number of fused-ring (bicyclic) bond motifs is 1. The molecule has 4 heterocycles. The van der Waals surface area contributed by atoms with Crippen molar-refractivity contribution in [3.63, 3.8) is 0 Å². The quantitative estimate of drug-likeness (QED) is 0.581. The fourth-order valence-corrected chi connectivity index (χ4v) is 4.33. The Labute approximate surface area is 204 Å². The van der Waals surface area contributed by atoms with Crippen molar-refractivity contribution in [1.29, 1.82) is 0 Å². The molecule has 0 aliphatic carbocycles. The van der Waals surface area contributed by atoms with Crippen LogP contribution in [0.4, 0.5) is 22.2 Å². The van der Waals surface area contributed by atoms with Gasteiger partial charge in [0.05, 0.1) is 25.5 Å². The number of carbonyl (C=O) groups excluding carboxylic acids is 1. The molecule has 0 atom stereocenters. The van der Waals surface area contributed by atoms with Crippen molar-refractivity contribution in [1.82, 2.24) is 25.3 Å². The van der Waals surface area contributed by atoms with Gasteiger partial charge < -0.3 is 25.2 Å². The Morgan fingerprint density at radius 3 is 2.46 bits per heavy atom. The smallest absolute Gasteiger partial charge is 0.319 e. The van der Waals surface area contributed by atoms with Gasteiger partial charge in [0.25, 0.3) is 0 Å². The maximum absolute atomic E-state index is 12.0. The fraction of sp³-hybridized carbons (Fsp3) is 0.400. The summed E-state index contributed by atoms with van der Waals surface area (Å²) < 4.78 is 5.57. The van der Waals surface area contributed by atoms with E-state index in [1.807, 2.05) is 44.2 Å². The molecule has 182 valence electrons. The van der Waals surface area contributed by atoms with Crippen LogP contribution in [0.15, 0.2) is 42.7 Å². The van der Waals surface area contributed by atoms with Gasteiger partial charge >= 0.3 is 6.03 Å². The lowest BCUT2D eigenvalue weighted by molar-refractivity contribution is 0.122. The van der Waals surface area contributed by atoms with Gasteiger partial charge in [-0.05, 0) is 50.6 Å². The van der Waals surface area contributed by atoms with Crippen molar-refractivity contribution in [2.75, 3.05) is 48.0 Å². The summed E-state index contributed by atoms with van der Waals surface area (Å²) in [7, 11) is 0. The molecular weight excluding hydrogens is 444 g/mol. The van der Waals surface area contributed by atoms with Crippen LogP contribution in [0, 0.1) is 0 Å². The predicted molar refractivity (Wildman–Crippen MR) is 135 cm³/mol. The molecule has 0 spiro atoms. The first-order valence-electron chi connectivity index (χ1n) is 12.0. The van der Waals surface area contributed by atoms with E-state index < -0.39 is 0 Å². The molecule has 2 aliphatic heterocycles. The first kappa shape index (κ1) is 23.0. The SMILES string of the molecule is CC(C)NC(=O)Nc1ccc(-c2nc3c(c(N4CCOCC4)n2)CCN(c2ncccn2)C3)cc1.